The van der Waals surface area contributed by atoms with Gasteiger partial charge in [-0.25, -0.2) is 18.4 Å². The molecule has 0 bridgehead atoms. The number of unbranched alkanes of at least 4 members (excludes halogenated alkanes) is 1. The molecule has 2 N–H and O–H groups in total. The SMILES string of the molecule is CCCCOc1ccc(C(=O)Nc2ccc(S(=O)(=O)Nc3nccnc3OC)cc2)cc1Br. The Bertz CT molecular complexity index is 1220. The Hall–Kier alpha value is -3.18. The van der Waals surface area contributed by atoms with Crippen LogP contribution in [-0.2, 0) is 10.0 Å². The van der Waals surface area contributed by atoms with Crippen molar-refractivity contribution in [3.05, 3.63) is 64.9 Å². The zero-order valence-corrected chi connectivity index (χ0v) is 20.4. The quantitative estimate of drug-likeness (QED) is 0.368. The molecule has 1 aromatic heterocycles. The summed E-state index contributed by atoms with van der Waals surface area (Å²) in [5, 5.41) is 2.75. The van der Waals surface area contributed by atoms with E-state index in [1.54, 1.807) is 18.2 Å². The van der Waals surface area contributed by atoms with Gasteiger partial charge in [0.25, 0.3) is 21.8 Å². The van der Waals surface area contributed by atoms with Gasteiger partial charge in [-0.1, -0.05) is 13.3 Å². The van der Waals surface area contributed by atoms with Crippen LogP contribution in [-0.4, -0.2) is 38.0 Å². The van der Waals surface area contributed by atoms with E-state index in [1.807, 2.05) is 0 Å². The van der Waals surface area contributed by atoms with E-state index in [4.69, 9.17) is 9.47 Å². The molecule has 2 aromatic carbocycles. The number of amides is 1. The molecule has 33 heavy (non-hydrogen) atoms. The predicted octanol–water partition coefficient (Wildman–Crippen LogP) is 4.48. The number of nitrogens with zero attached hydrogens (tertiary/aromatic N) is 2. The maximum atomic E-state index is 12.6. The van der Waals surface area contributed by atoms with Gasteiger partial charge in [0.15, 0.2) is 0 Å². The number of methoxy groups -OCH3 is 1. The van der Waals surface area contributed by atoms with Crippen LogP contribution in [0, 0.1) is 0 Å². The standard InChI is InChI=1S/C22H23BrN4O5S/c1-3-4-13-32-19-10-5-15(14-18(19)23)21(28)26-16-6-8-17(9-7-16)33(29,30)27-20-22(31-2)25-12-11-24-20/h5-12,14H,3-4,13H2,1-2H3,(H,24,27)(H,26,28). The van der Waals surface area contributed by atoms with E-state index < -0.39 is 10.0 Å². The zero-order valence-electron chi connectivity index (χ0n) is 18.0. The first-order chi connectivity index (χ1) is 15.8. The summed E-state index contributed by atoms with van der Waals surface area (Å²) >= 11 is 3.42. The van der Waals surface area contributed by atoms with Crippen molar-refractivity contribution in [1.29, 1.82) is 0 Å². The summed E-state index contributed by atoms with van der Waals surface area (Å²) in [6.45, 7) is 2.69. The molecule has 0 spiro atoms. The number of hydrogen-bond donors (Lipinski definition) is 2. The number of nitrogens with one attached hydrogen (secondary N) is 2. The zero-order chi connectivity index (χ0) is 23.8. The van der Waals surface area contributed by atoms with Gasteiger partial charge in [0.1, 0.15) is 5.75 Å². The van der Waals surface area contributed by atoms with E-state index >= 15 is 0 Å². The lowest BCUT2D eigenvalue weighted by atomic mass is 10.2. The van der Waals surface area contributed by atoms with Crippen LogP contribution in [0.3, 0.4) is 0 Å². The predicted molar refractivity (Wildman–Crippen MR) is 128 cm³/mol. The smallest absolute Gasteiger partial charge is 0.263 e. The summed E-state index contributed by atoms with van der Waals surface area (Å²) in [5.41, 5.74) is 0.869. The van der Waals surface area contributed by atoms with Gasteiger partial charge in [0, 0.05) is 23.6 Å². The molecule has 0 saturated heterocycles. The van der Waals surface area contributed by atoms with Crippen LogP contribution in [0.2, 0.25) is 0 Å². The topological polar surface area (TPSA) is 120 Å². The lowest BCUT2D eigenvalue weighted by Gasteiger charge is -2.11. The molecule has 11 heteroatoms. The Balaban J connectivity index is 1.67. The molecule has 0 aliphatic carbocycles. The van der Waals surface area contributed by atoms with E-state index in [-0.39, 0.29) is 22.5 Å². The molecule has 0 aliphatic rings. The fourth-order valence-electron chi connectivity index (χ4n) is 2.74. The second-order valence-electron chi connectivity index (χ2n) is 6.85. The van der Waals surface area contributed by atoms with Gasteiger partial charge < -0.3 is 14.8 Å². The molecule has 9 nitrogen and oxygen atoms in total. The molecule has 0 radical (unpaired) electrons. The monoisotopic (exact) mass is 534 g/mol. The third-order valence-corrected chi connectivity index (χ3v) is 6.44. The largest absolute Gasteiger partial charge is 0.492 e. The second-order valence-corrected chi connectivity index (χ2v) is 9.38. The molecular formula is C22H23BrN4O5S. The highest BCUT2D eigenvalue weighted by atomic mass is 79.9. The van der Waals surface area contributed by atoms with Gasteiger partial charge in [0.05, 0.1) is 23.1 Å². The van der Waals surface area contributed by atoms with Crippen LogP contribution < -0.4 is 19.5 Å². The fourth-order valence-corrected chi connectivity index (χ4v) is 4.24. The van der Waals surface area contributed by atoms with Crippen LogP contribution in [0.15, 0.2) is 64.2 Å². The fraction of sp³-hybridized carbons (Fsp3) is 0.227. The average Bonchev–Trinajstić information content (AvgIpc) is 2.80. The Morgan fingerprint density at radius 3 is 2.48 bits per heavy atom. The molecule has 3 aromatic rings. The third-order valence-electron chi connectivity index (χ3n) is 4.46. The van der Waals surface area contributed by atoms with E-state index in [0.29, 0.717) is 28.1 Å². The molecule has 174 valence electrons. The number of halogens is 1. The normalized spacial score (nSPS) is 11.0. The van der Waals surface area contributed by atoms with Crippen LogP contribution in [0.5, 0.6) is 11.6 Å². The van der Waals surface area contributed by atoms with E-state index in [1.165, 1.54) is 43.8 Å². The van der Waals surface area contributed by atoms with Gasteiger partial charge >= 0.3 is 0 Å². The molecule has 0 atom stereocenters. The third kappa shape index (κ3) is 6.42. The Kier molecular flexibility index (Phi) is 8.23. The summed E-state index contributed by atoms with van der Waals surface area (Å²) in [4.78, 5) is 20.4. The maximum absolute atomic E-state index is 12.6. The maximum Gasteiger partial charge on any atom is 0.263 e. The van der Waals surface area contributed by atoms with Gasteiger partial charge in [-0.15, -0.1) is 0 Å². The van der Waals surface area contributed by atoms with Crippen LogP contribution in [0.4, 0.5) is 11.5 Å². The van der Waals surface area contributed by atoms with Crippen LogP contribution in [0.25, 0.3) is 0 Å². The molecule has 0 saturated carbocycles. The molecule has 0 fully saturated rings. The van der Waals surface area contributed by atoms with Crippen molar-refractivity contribution < 1.29 is 22.7 Å². The molecule has 1 amide bonds. The molecule has 1 heterocycles. The number of aromatic nitrogens is 2. The van der Waals surface area contributed by atoms with Crippen LogP contribution >= 0.6 is 15.9 Å². The van der Waals surface area contributed by atoms with E-state index in [0.717, 1.165) is 12.8 Å². The van der Waals surface area contributed by atoms with Crippen molar-refractivity contribution in [2.24, 2.45) is 0 Å². The molecule has 0 unspecified atom stereocenters. The highest BCUT2D eigenvalue weighted by Gasteiger charge is 2.18. The molecule has 3 rings (SSSR count). The van der Waals surface area contributed by atoms with E-state index in [9.17, 15) is 13.2 Å². The van der Waals surface area contributed by atoms with Crippen molar-refractivity contribution >= 4 is 43.4 Å². The Labute approximate surface area is 200 Å². The number of sulfonamides is 1. The van der Waals surface area contributed by atoms with Crippen molar-refractivity contribution in [3.8, 4) is 11.6 Å². The van der Waals surface area contributed by atoms with Gasteiger partial charge in [-0.2, -0.15) is 0 Å². The lowest BCUT2D eigenvalue weighted by molar-refractivity contribution is 0.102. The van der Waals surface area contributed by atoms with Gasteiger partial charge in [-0.05, 0) is 64.8 Å². The minimum absolute atomic E-state index is 0.00969. The van der Waals surface area contributed by atoms with Crippen LogP contribution in [0.1, 0.15) is 30.1 Å². The van der Waals surface area contributed by atoms with Crippen molar-refractivity contribution in [2.45, 2.75) is 24.7 Å². The van der Waals surface area contributed by atoms with Crippen molar-refractivity contribution in [3.63, 3.8) is 0 Å². The van der Waals surface area contributed by atoms with Crippen molar-refractivity contribution in [1.82, 2.24) is 9.97 Å². The summed E-state index contributed by atoms with van der Waals surface area (Å²) in [5.74, 6) is 0.360. The van der Waals surface area contributed by atoms with E-state index in [2.05, 4.69) is 42.9 Å². The first kappa shape index (κ1) is 24.5. The number of anilines is 2. The first-order valence-electron chi connectivity index (χ1n) is 10.1. The average molecular weight is 535 g/mol. The molecular weight excluding hydrogens is 512 g/mol. The Morgan fingerprint density at radius 1 is 1.09 bits per heavy atom. The number of hydrogen-bond acceptors (Lipinski definition) is 7. The number of benzene rings is 2. The first-order valence-corrected chi connectivity index (χ1v) is 12.3. The summed E-state index contributed by atoms with van der Waals surface area (Å²) < 4.78 is 39.0. The second kappa shape index (κ2) is 11.1. The highest BCUT2D eigenvalue weighted by Crippen LogP contribution is 2.27. The van der Waals surface area contributed by atoms with Gasteiger partial charge in [-0.3, -0.25) is 9.52 Å². The summed E-state index contributed by atoms with van der Waals surface area (Å²) in [7, 11) is -2.56. The molecule has 0 aliphatic heterocycles. The minimum atomic E-state index is -3.93. The number of carbonyl (C=O) groups excluding carboxylic acids is 1. The number of carbonyl (C=O) groups is 1. The van der Waals surface area contributed by atoms with Crippen molar-refractivity contribution in [2.75, 3.05) is 23.8 Å². The minimum Gasteiger partial charge on any atom is -0.492 e. The number of ether oxygens (including phenoxy) is 2. The van der Waals surface area contributed by atoms with Gasteiger partial charge in [0.2, 0.25) is 5.82 Å². The lowest BCUT2D eigenvalue weighted by Crippen LogP contribution is -2.15. The Morgan fingerprint density at radius 2 is 1.82 bits per heavy atom. The highest BCUT2D eigenvalue weighted by molar-refractivity contribution is 9.10. The number of rotatable bonds is 10. The summed E-state index contributed by atoms with van der Waals surface area (Å²) in [6.07, 6.45) is 4.71. The summed E-state index contributed by atoms with van der Waals surface area (Å²) in [6, 6.07) is 10.8.